The zero-order valence-electron chi connectivity index (χ0n) is 10.8. The first-order valence-corrected chi connectivity index (χ1v) is 4.71. The van der Waals surface area contributed by atoms with Crippen molar-refractivity contribution in [3.63, 3.8) is 0 Å². The summed E-state index contributed by atoms with van der Waals surface area (Å²) in [6.07, 6.45) is -0.659. The molecule has 0 spiro atoms. The Kier molecular flexibility index (Phi) is 11.6. The maximum atomic E-state index is 10.9. The number of hydrogen-bond donors (Lipinski definition) is 0. The SMILES string of the molecule is CCOC([O-])=N/N=C(/C)c1ccccc1.[Li+].[Li]. The minimum atomic E-state index is -0.659. The van der Waals surface area contributed by atoms with Gasteiger partial charge < -0.3 is 9.84 Å². The molecule has 1 aromatic carbocycles. The monoisotopic (exact) mass is 219 g/mol. The third-order valence-corrected chi connectivity index (χ3v) is 1.74. The van der Waals surface area contributed by atoms with Crippen molar-refractivity contribution in [1.29, 1.82) is 0 Å². The second kappa shape index (κ2) is 10.5. The number of ether oxygens (including phenoxy) is 1. The van der Waals surface area contributed by atoms with Crippen LogP contribution in [0.4, 0.5) is 0 Å². The van der Waals surface area contributed by atoms with Crippen molar-refractivity contribution in [1.82, 2.24) is 0 Å². The van der Waals surface area contributed by atoms with Crippen LogP contribution in [-0.2, 0) is 4.74 Å². The van der Waals surface area contributed by atoms with Crippen LogP contribution in [0.25, 0.3) is 0 Å². The molecule has 0 saturated carbocycles. The minimum Gasteiger partial charge on any atom is -0.599 e. The number of rotatable bonds is 3. The smallest absolute Gasteiger partial charge is 0.599 e. The van der Waals surface area contributed by atoms with Crippen LogP contribution in [0.1, 0.15) is 19.4 Å². The Balaban J connectivity index is 0. The maximum absolute atomic E-state index is 10.9. The van der Waals surface area contributed by atoms with Crippen molar-refractivity contribution in [3.05, 3.63) is 35.9 Å². The van der Waals surface area contributed by atoms with Gasteiger partial charge in [0.25, 0.3) is 0 Å². The average molecular weight is 219 g/mol. The zero-order chi connectivity index (χ0) is 11.1. The summed E-state index contributed by atoms with van der Waals surface area (Å²) in [6.45, 7) is 3.82. The average Bonchev–Trinajstić information content (AvgIpc) is 2.27. The van der Waals surface area contributed by atoms with E-state index in [9.17, 15) is 5.11 Å². The molecule has 1 radical (unpaired) electrons. The van der Waals surface area contributed by atoms with Crippen molar-refractivity contribution in [3.8, 4) is 0 Å². The van der Waals surface area contributed by atoms with E-state index in [0.29, 0.717) is 12.3 Å². The number of nitrogens with zero attached hydrogens (tertiary/aromatic N) is 2. The van der Waals surface area contributed by atoms with E-state index in [-0.39, 0.29) is 37.7 Å². The van der Waals surface area contributed by atoms with Gasteiger partial charge in [-0.15, -0.1) is 5.10 Å². The molecule has 0 heterocycles. The van der Waals surface area contributed by atoms with Crippen LogP contribution in [0.2, 0.25) is 0 Å². The van der Waals surface area contributed by atoms with Crippen molar-refractivity contribution >= 4 is 30.7 Å². The van der Waals surface area contributed by atoms with Gasteiger partial charge in [-0.2, -0.15) is 5.10 Å². The van der Waals surface area contributed by atoms with E-state index in [0.717, 1.165) is 5.56 Å². The van der Waals surface area contributed by atoms with Gasteiger partial charge in [-0.3, -0.25) is 0 Å². The summed E-state index contributed by atoms with van der Waals surface area (Å²) in [7, 11) is 0. The Bertz CT molecular complexity index is 367. The standard InChI is InChI=1S/C11H14N2O2.2Li/c1-3-15-11(14)13-12-9(2)10-7-5-4-6-8-10;;/h4-8H,3H2,1-2H3,(H,13,14);;/q;;+1/p-1/b12-9-;;. The third-order valence-electron chi connectivity index (χ3n) is 1.74. The van der Waals surface area contributed by atoms with E-state index in [1.54, 1.807) is 13.8 Å². The Labute approximate surface area is 126 Å². The van der Waals surface area contributed by atoms with Gasteiger partial charge in [-0.05, 0) is 19.1 Å². The number of hydrogen-bond acceptors (Lipinski definition) is 4. The van der Waals surface area contributed by atoms with E-state index < -0.39 is 6.08 Å². The van der Waals surface area contributed by atoms with Crippen LogP contribution in [0.5, 0.6) is 0 Å². The summed E-state index contributed by atoms with van der Waals surface area (Å²) in [5, 5.41) is 18.1. The van der Waals surface area contributed by atoms with E-state index in [1.807, 2.05) is 30.3 Å². The van der Waals surface area contributed by atoms with Crippen molar-refractivity contribution in [2.45, 2.75) is 13.8 Å². The molecule has 0 unspecified atom stereocenters. The normalized spacial score (nSPS) is 11.2. The first-order chi connectivity index (χ1) is 7.24. The number of benzene rings is 1. The predicted molar refractivity (Wildman–Crippen MR) is 63.5 cm³/mol. The second-order valence-electron chi connectivity index (χ2n) is 2.85. The van der Waals surface area contributed by atoms with Crippen molar-refractivity contribution < 1.29 is 28.7 Å². The molecular weight excluding hydrogens is 206 g/mol. The summed E-state index contributed by atoms with van der Waals surface area (Å²) in [6, 6.07) is 9.52. The van der Waals surface area contributed by atoms with Crippen LogP contribution >= 0.6 is 0 Å². The van der Waals surface area contributed by atoms with Gasteiger partial charge in [0.05, 0.1) is 5.71 Å². The molecule has 0 amide bonds. The summed E-state index contributed by atoms with van der Waals surface area (Å²) in [4.78, 5) is 0. The van der Waals surface area contributed by atoms with Gasteiger partial charge in [0.15, 0.2) is 6.08 Å². The van der Waals surface area contributed by atoms with E-state index in [1.165, 1.54) is 0 Å². The van der Waals surface area contributed by atoms with Crippen LogP contribution < -0.4 is 24.0 Å². The molecule has 6 heteroatoms. The van der Waals surface area contributed by atoms with Gasteiger partial charge in [0.1, 0.15) is 0 Å². The Morgan fingerprint density at radius 2 is 1.82 bits per heavy atom. The Morgan fingerprint density at radius 1 is 1.24 bits per heavy atom. The van der Waals surface area contributed by atoms with Gasteiger partial charge in [-0.1, -0.05) is 37.3 Å². The first-order valence-electron chi connectivity index (χ1n) is 4.71. The molecule has 0 fully saturated rings. The molecule has 0 bridgehead atoms. The zero-order valence-corrected chi connectivity index (χ0v) is 10.8. The molecule has 4 nitrogen and oxygen atoms in total. The molecule has 0 saturated heterocycles. The van der Waals surface area contributed by atoms with Crippen molar-refractivity contribution in [2.24, 2.45) is 10.2 Å². The first kappa shape index (κ1) is 18.7. The Morgan fingerprint density at radius 3 is 2.35 bits per heavy atom. The summed E-state index contributed by atoms with van der Waals surface area (Å²) < 4.78 is 4.62. The molecule has 0 aliphatic rings. The van der Waals surface area contributed by atoms with Gasteiger partial charge in [0, 0.05) is 18.9 Å². The van der Waals surface area contributed by atoms with Gasteiger partial charge in [0.2, 0.25) is 0 Å². The largest absolute Gasteiger partial charge is 1.00 e. The summed E-state index contributed by atoms with van der Waals surface area (Å²) >= 11 is 0. The molecule has 1 aromatic rings. The molecule has 0 aliphatic carbocycles. The topological polar surface area (TPSA) is 57.0 Å². The summed E-state index contributed by atoms with van der Waals surface area (Å²) in [5.74, 6) is 0. The summed E-state index contributed by atoms with van der Waals surface area (Å²) in [5.41, 5.74) is 1.62. The fraction of sp³-hybridized carbons (Fsp3) is 0.273. The fourth-order valence-electron chi connectivity index (χ4n) is 1.01. The van der Waals surface area contributed by atoms with Crippen LogP contribution in [0, 0.1) is 0 Å². The minimum absolute atomic E-state index is 0. The van der Waals surface area contributed by atoms with E-state index in [4.69, 9.17) is 0 Å². The molecule has 17 heavy (non-hydrogen) atoms. The second-order valence-corrected chi connectivity index (χ2v) is 2.85. The molecule has 0 aliphatic heterocycles. The van der Waals surface area contributed by atoms with Crippen LogP contribution in [-0.4, -0.2) is 37.3 Å². The van der Waals surface area contributed by atoms with E-state index in [2.05, 4.69) is 14.9 Å². The van der Waals surface area contributed by atoms with Crippen LogP contribution in [0.3, 0.4) is 0 Å². The van der Waals surface area contributed by atoms with E-state index >= 15 is 0 Å². The molecule has 81 valence electrons. The quantitative estimate of drug-likeness (QED) is 0.250. The molecule has 0 N–H and O–H groups in total. The molecule has 1 rings (SSSR count). The molecule has 0 aromatic heterocycles. The van der Waals surface area contributed by atoms with Gasteiger partial charge in [-0.25, -0.2) is 0 Å². The predicted octanol–water partition coefficient (Wildman–Crippen LogP) is -2.21. The fourth-order valence-corrected chi connectivity index (χ4v) is 1.01. The van der Waals surface area contributed by atoms with Gasteiger partial charge >= 0.3 is 18.9 Å². The maximum Gasteiger partial charge on any atom is 1.00 e. The van der Waals surface area contributed by atoms with Crippen LogP contribution in [0.15, 0.2) is 40.5 Å². The molecular formula is C11H13Li2N2O2. The molecule has 0 atom stereocenters. The Hall–Kier alpha value is -0.645. The third kappa shape index (κ3) is 7.31. The van der Waals surface area contributed by atoms with Crippen molar-refractivity contribution in [2.75, 3.05) is 6.61 Å².